The molecule has 2 aromatic carbocycles. The van der Waals surface area contributed by atoms with Gasteiger partial charge in [0.15, 0.2) is 11.5 Å². The first-order valence-electron chi connectivity index (χ1n) is 8.19. The van der Waals surface area contributed by atoms with Crippen LogP contribution in [0.15, 0.2) is 36.4 Å². The van der Waals surface area contributed by atoms with Crippen LogP contribution >= 0.6 is 0 Å². The number of hydrogen-bond donors (Lipinski definition) is 2. The summed E-state index contributed by atoms with van der Waals surface area (Å²) in [5, 5.41) is 13.1. The van der Waals surface area contributed by atoms with Crippen LogP contribution in [0.25, 0.3) is 0 Å². The van der Waals surface area contributed by atoms with Gasteiger partial charge in [0.2, 0.25) is 6.79 Å². The van der Waals surface area contributed by atoms with Crippen molar-refractivity contribution in [3.05, 3.63) is 47.5 Å². The highest BCUT2D eigenvalue weighted by molar-refractivity contribution is 5.95. The fourth-order valence-corrected chi connectivity index (χ4v) is 2.65. The van der Waals surface area contributed by atoms with Crippen LogP contribution < -0.4 is 24.3 Å². The Morgan fingerprint density at radius 2 is 1.81 bits per heavy atom. The van der Waals surface area contributed by atoms with E-state index >= 15 is 0 Å². The van der Waals surface area contributed by atoms with E-state index in [2.05, 4.69) is 5.32 Å². The van der Waals surface area contributed by atoms with Gasteiger partial charge in [0.05, 0.1) is 20.3 Å². The number of carbonyl (C=O) groups is 1. The quantitative estimate of drug-likeness (QED) is 0.789. The molecule has 0 aliphatic carbocycles. The molecule has 2 aromatic rings. The van der Waals surface area contributed by atoms with Gasteiger partial charge in [-0.05, 0) is 36.2 Å². The van der Waals surface area contributed by atoms with E-state index in [0.717, 1.165) is 0 Å². The number of aliphatic hydroxyl groups excluding tert-OH is 1. The number of hydrogen-bond acceptors (Lipinski definition) is 6. The molecule has 1 aliphatic heterocycles. The van der Waals surface area contributed by atoms with E-state index in [1.807, 2.05) is 0 Å². The Morgan fingerprint density at radius 3 is 2.50 bits per heavy atom. The number of aliphatic hydroxyl groups is 1. The maximum Gasteiger partial charge on any atom is 0.251 e. The maximum atomic E-state index is 12.3. The predicted molar refractivity (Wildman–Crippen MR) is 94.0 cm³/mol. The standard InChI is InChI=1S/C19H21NO6/c1-23-14-7-13(8-15(10-14)24-2)19(22)20-6-5-16(21)12-3-4-17-18(9-12)26-11-25-17/h3-4,7-10,16,21H,5-6,11H2,1-2H3,(H,20,22). The fourth-order valence-electron chi connectivity index (χ4n) is 2.65. The number of carbonyl (C=O) groups excluding carboxylic acids is 1. The summed E-state index contributed by atoms with van der Waals surface area (Å²) in [7, 11) is 3.05. The molecule has 138 valence electrons. The normalized spacial score (nSPS) is 13.2. The lowest BCUT2D eigenvalue weighted by molar-refractivity contribution is 0.0941. The first-order valence-corrected chi connectivity index (χ1v) is 8.19. The van der Waals surface area contributed by atoms with Gasteiger partial charge >= 0.3 is 0 Å². The predicted octanol–water partition coefficient (Wildman–Crippen LogP) is 2.29. The molecule has 7 heteroatoms. The lowest BCUT2D eigenvalue weighted by Crippen LogP contribution is -2.25. The number of rotatable bonds is 7. The van der Waals surface area contributed by atoms with Gasteiger partial charge in [-0.3, -0.25) is 4.79 Å². The highest BCUT2D eigenvalue weighted by Gasteiger charge is 2.17. The second kappa shape index (κ2) is 7.97. The fraction of sp³-hybridized carbons (Fsp3) is 0.316. The molecule has 0 radical (unpaired) electrons. The molecule has 1 amide bonds. The van der Waals surface area contributed by atoms with E-state index in [1.54, 1.807) is 36.4 Å². The lowest BCUT2D eigenvalue weighted by atomic mass is 10.1. The van der Waals surface area contributed by atoms with E-state index in [-0.39, 0.29) is 12.7 Å². The van der Waals surface area contributed by atoms with Gasteiger partial charge in [-0.2, -0.15) is 0 Å². The zero-order valence-electron chi connectivity index (χ0n) is 14.7. The van der Waals surface area contributed by atoms with Crippen molar-refractivity contribution in [3.63, 3.8) is 0 Å². The van der Waals surface area contributed by atoms with Gasteiger partial charge in [0.25, 0.3) is 5.91 Å². The van der Waals surface area contributed by atoms with Crippen LogP contribution in [0.4, 0.5) is 0 Å². The molecule has 0 saturated carbocycles. The first kappa shape index (κ1) is 17.9. The third-order valence-electron chi connectivity index (χ3n) is 4.10. The molecule has 3 rings (SSSR count). The third-order valence-corrected chi connectivity index (χ3v) is 4.10. The van der Waals surface area contributed by atoms with Gasteiger partial charge in [-0.25, -0.2) is 0 Å². The molecular formula is C19H21NO6. The summed E-state index contributed by atoms with van der Waals surface area (Å²) in [6.45, 7) is 0.503. The summed E-state index contributed by atoms with van der Waals surface area (Å²) < 4.78 is 20.9. The largest absolute Gasteiger partial charge is 0.497 e. The van der Waals surface area contributed by atoms with Crippen molar-refractivity contribution in [2.24, 2.45) is 0 Å². The van der Waals surface area contributed by atoms with Gasteiger partial charge < -0.3 is 29.4 Å². The van der Waals surface area contributed by atoms with E-state index in [1.165, 1.54) is 14.2 Å². The highest BCUT2D eigenvalue weighted by atomic mass is 16.7. The number of benzene rings is 2. The molecule has 1 aliphatic rings. The van der Waals surface area contributed by atoms with Gasteiger partial charge in [-0.1, -0.05) is 6.07 Å². The Morgan fingerprint density at radius 1 is 1.12 bits per heavy atom. The summed E-state index contributed by atoms with van der Waals surface area (Å²) in [4.78, 5) is 12.3. The van der Waals surface area contributed by atoms with Crippen LogP contribution in [0, 0.1) is 0 Å². The molecule has 1 atom stereocenters. The SMILES string of the molecule is COc1cc(OC)cc(C(=O)NCCC(O)c2ccc3c(c2)OCO3)c1. The second-order valence-electron chi connectivity index (χ2n) is 5.77. The molecule has 2 N–H and O–H groups in total. The average Bonchev–Trinajstić information content (AvgIpc) is 3.15. The van der Waals surface area contributed by atoms with E-state index < -0.39 is 6.10 Å². The van der Waals surface area contributed by atoms with Gasteiger partial charge in [-0.15, -0.1) is 0 Å². The Hall–Kier alpha value is -2.93. The molecule has 1 heterocycles. The van der Waals surface area contributed by atoms with Crippen molar-refractivity contribution in [1.82, 2.24) is 5.32 Å². The molecule has 0 fully saturated rings. The smallest absolute Gasteiger partial charge is 0.251 e. The molecule has 26 heavy (non-hydrogen) atoms. The summed E-state index contributed by atoms with van der Waals surface area (Å²) >= 11 is 0. The molecule has 0 spiro atoms. The molecule has 0 aromatic heterocycles. The van der Waals surface area contributed by atoms with Gasteiger partial charge in [0.1, 0.15) is 11.5 Å². The van der Waals surface area contributed by atoms with E-state index in [0.29, 0.717) is 47.1 Å². The number of fused-ring (bicyclic) bond motifs is 1. The minimum atomic E-state index is -0.718. The number of amides is 1. The molecular weight excluding hydrogens is 338 g/mol. The van der Waals surface area contributed by atoms with Crippen LogP contribution in [0.3, 0.4) is 0 Å². The van der Waals surface area contributed by atoms with Crippen molar-refractivity contribution >= 4 is 5.91 Å². The Kier molecular flexibility index (Phi) is 5.48. The number of methoxy groups -OCH3 is 2. The van der Waals surface area contributed by atoms with E-state index in [4.69, 9.17) is 18.9 Å². The average molecular weight is 359 g/mol. The van der Waals surface area contributed by atoms with Crippen LogP contribution in [-0.4, -0.2) is 38.6 Å². The number of ether oxygens (including phenoxy) is 4. The molecule has 0 saturated heterocycles. The third kappa shape index (κ3) is 4.00. The van der Waals surface area contributed by atoms with Gasteiger partial charge in [0, 0.05) is 18.2 Å². The summed E-state index contributed by atoms with van der Waals surface area (Å²) in [5.74, 6) is 2.10. The van der Waals surface area contributed by atoms with Crippen LogP contribution in [0.1, 0.15) is 28.4 Å². The van der Waals surface area contributed by atoms with E-state index in [9.17, 15) is 9.90 Å². The van der Waals surface area contributed by atoms with Crippen molar-refractivity contribution in [3.8, 4) is 23.0 Å². The zero-order chi connectivity index (χ0) is 18.5. The topological polar surface area (TPSA) is 86.3 Å². The van der Waals surface area contributed by atoms with Crippen LogP contribution in [0.5, 0.6) is 23.0 Å². The Bertz CT molecular complexity index is 769. The Balaban J connectivity index is 1.56. The minimum absolute atomic E-state index is 0.189. The summed E-state index contributed by atoms with van der Waals surface area (Å²) in [5.41, 5.74) is 1.14. The minimum Gasteiger partial charge on any atom is -0.497 e. The monoisotopic (exact) mass is 359 g/mol. The molecule has 0 bridgehead atoms. The van der Waals surface area contributed by atoms with Crippen LogP contribution in [0.2, 0.25) is 0 Å². The number of nitrogens with one attached hydrogen (secondary N) is 1. The van der Waals surface area contributed by atoms with Crippen LogP contribution in [-0.2, 0) is 0 Å². The zero-order valence-corrected chi connectivity index (χ0v) is 14.7. The van der Waals surface area contributed by atoms with Crippen molar-refractivity contribution < 1.29 is 28.8 Å². The first-order chi connectivity index (χ1) is 12.6. The molecule has 1 unspecified atom stereocenters. The summed E-state index contributed by atoms with van der Waals surface area (Å²) in [6.07, 6.45) is -0.350. The van der Waals surface area contributed by atoms with Crippen molar-refractivity contribution in [1.29, 1.82) is 0 Å². The second-order valence-corrected chi connectivity index (χ2v) is 5.77. The van der Waals surface area contributed by atoms with Crippen molar-refractivity contribution in [2.75, 3.05) is 27.6 Å². The van der Waals surface area contributed by atoms with Crippen molar-refractivity contribution in [2.45, 2.75) is 12.5 Å². The molecule has 7 nitrogen and oxygen atoms in total. The summed E-state index contributed by atoms with van der Waals surface area (Å²) in [6, 6.07) is 10.3. The highest BCUT2D eigenvalue weighted by Crippen LogP contribution is 2.34. The Labute approximate surface area is 151 Å². The lowest BCUT2D eigenvalue weighted by Gasteiger charge is -2.13. The maximum absolute atomic E-state index is 12.3.